The summed E-state index contributed by atoms with van der Waals surface area (Å²) < 4.78 is 34.6. The van der Waals surface area contributed by atoms with E-state index in [0.29, 0.717) is 0 Å². The number of aryl methyl sites for hydroxylation is 2. The van der Waals surface area contributed by atoms with Gasteiger partial charge in [-0.3, -0.25) is 4.79 Å². The van der Waals surface area contributed by atoms with Gasteiger partial charge in [-0.05, 0) is 60.9 Å². The second-order valence-corrected chi connectivity index (χ2v) is 10.2. The van der Waals surface area contributed by atoms with E-state index in [1.807, 2.05) is 32.0 Å². The van der Waals surface area contributed by atoms with E-state index < -0.39 is 10.0 Å². The third kappa shape index (κ3) is 5.33. The van der Waals surface area contributed by atoms with Gasteiger partial charge in [-0.1, -0.05) is 51.8 Å². The maximum absolute atomic E-state index is 13.2. The molecule has 0 heterocycles. The highest BCUT2D eigenvalue weighted by molar-refractivity contribution is 7.89. The Morgan fingerprint density at radius 2 is 1.72 bits per heavy atom. The van der Waals surface area contributed by atoms with E-state index in [0.717, 1.165) is 55.3 Å². The van der Waals surface area contributed by atoms with Gasteiger partial charge in [-0.25, -0.2) is 13.1 Å². The van der Waals surface area contributed by atoms with Crippen molar-refractivity contribution in [2.45, 2.75) is 70.2 Å². The fourth-order valence-corrected chi connectivity index (χ4v) is 5.94. The number of anilines is 1. The molecule has 0 radical (unpaired) electrons. The SMILES string of the molecule is CCc1cccc(CC)c1NC(=O)c1ccc(OC)c(S(=O)(=O)NC2CCCCC2C)c1. The summed E-state index contributed by atoms with van der Waals surface area (Å²) in [5.74, 6) is 0.153. The molecule has 3 rings (SSSR count). The van der Waals surface area contributed by atoms with Crippen molar-refractivity contribution in [3.8, 4) is 5.75 Å². The van der Waals surface area contributed by atoms with Crippen LogP contribution < -0.4 is 14.8 Å². The summed E-state index contributed by atoms with van der Waals surface area (Å²) in [6.45, 7) is 6.16. The average molecular weight is 459 g/mol. The number of hydrogen-bond donors (Lipinski definition) is 2. The number of hydrogen-bond acceptors (Lipinski definition) is 4. The zero-order valence-corrected chi connectivity index (χ0v) is 20.2. The van der Waals surface area contributed by atoms with E-state index in [9.17, 15) is 13.2 Å². The monoisotopic (exact) mass is 458 g/mol. The Bertz CT molecular complexity index is 1040. The molecule has 6 nitrogen and oxygen atoms in total. The summed E-state index contributed by atoms with van der Waals surface area (Å²) in [7, 11) is -2.41. The number of amides is 1. The Morgan fingerprint density at radius 1 is 1.06 bits per heavy atom. The molecule has 1 aliphatic rings. The first-order valence-electron chi connectivity index (χ1n) is 11.4. The van der Waals surface area contributed by atoms with Crippen LogP contribution in [0, 0.1) is 5.92 Å². The second-order valence-electron chi connectivity index (χ2n) is 8.47. The molecule has 7 heteroatoms. The summed E-state index contributed by atoms with van der Waals surface area (Å²) in [4.78, 5) is 13.1. The first-order chi connectivity index (χ1) is 15.3. The number of carbonyl (C=O) groups is 1. The summed E-state index contributed by atoms with van der Waals surface area (Å²) >= 11 is 0. The maximum Gasteiger partial charge on any atom is 0.255 e. The zero-order valence-electron chi connectivity index (χ0n) is 19.4. The molecule has 1 saturated carbocycles. The van der Waals surface area contributed by atoms with Crippen molar-refractivity contribution < 1.29 is 17.9 Å². The van der Waals surface area contributed by atoms with Crippen LogP contribution in [0.4, 0.5) is 5.69 Å². The first kappa shape index (κ1) is 24.3. The molecule has 0 saturated heterocycles. The Labute approximate surface area is 191 Å². The molecule has 1 aliphatic carbocycles. The van der Waals surface area contributed by atoms with Crippen LogP contribution in [0.15, 0.2) is 41.3 Å². The predicted molar refractivity (Wildman–Crippen MR) is 128 cm³/mol. The largest absolute Gasteiger partial charge is 0.495 e. The first-order valence-corrected chi connectivity index (χ1v) is 12.9. The van der Waals surface area contributed by atoms with E-state index in [4.69, 9.17) is 4.74 Å². The highest BCUT2D eigenvalue weighted by Crippen LogP contribution is 2.30. The Kier molecular flexibility index (Phi) is 7.96. The van der Waals surface area contributed by atoms with Gasteiger partial charge in [0, 0.05) is 17.3 Å². The van der Waals surface area contributed by atoms with Crippen LogP contribution in [0.25, 0.3) is 0 Å². The minimum atomic E-state index is -3.85. The van der Waals surface area contributed by atoms with Crippen molar-refractivity contribution in [1.82, 2.24) is 4.72 Å². The number of rotatable bonds is 8. The minimum absolute atomic E-state index is 0.00934. The van der Waals surface area contributed by atoms with Gasteiger partial charge in [0.15, 0.2) is 0 Å². The highest BCUT2D eigenvalue weighted by atomic mass is 32.2. The Hall–Kier alpha value is -2.38. The van der Waals surface area contributed by atoms with Crippen LogP contribution in [0.2, 0.25) is 0 Å². The predicted octanol–water partition coefficient (Wildman–Crippen LogP) is 4.93. The van der Waals surface area contributed by atoms with Crippen molar-refractivity contribution in [3.63, 3.8) is 0 Å². The topological polar surface area (TPSA) is 84.5 Å². The van der Waals surface area contributed by atoms with Gasteiger partial charge in [0.25, 0.3) is 5.91 Å². The van der Waals surface area contributed by atoms with Crippen molar-refractivity contribution in [2.24, 2.45) is 5.92 Å². The van der Waals surface area contributed by atoms with Gasteiger partial charge in [-0.2, -0.15) is 0 Å². The number of sulfonamides is 1. The van der Waals surface area contributed by atoms with Gasteiger partial charge in [0.1, 0.15) is 10.6 Å². The molecule has 0 spiro atoms. The normalized spacial score (nSPS) is 18.9. The number of benzene rings is 2. The quantitative estimate of drug-likeness (QED) is 0.587. The van der Waals surface area contributed by atoms with Gasteiger partial charge >= 0.3 is 0 Å². The summed E-state index contributed by atoms with van der Waals surface area (Å²) in [5.41, 5.74) is 3.17. The lowest BCUT2D eigenvalue weighted by atomic mass is 9.87. The maximum atomic E-state index is 13.2. The standard InChI is InChI=1S/C25H34N2O4S/c1-5-18-11-9-12-19(6-2)24(18)26-25(28)20-14-15-22(31-4)23(16-20)32(29,30)27-21-13-8-7-10-17(21)3/h9,11-12,14-17,21,27H,5-8,10,13H2,1-4H3,(H,26,28). The lowest BCUT2D eigenvalue weighted by Crippen LogP contribution is -2.41. The summed E-state index contributed by atoms with van der Waals surface area (Å²) in [6.07, 6.45) is 5.52. The van der Waals surface area contributed by atoms with Crippen molar-refractivity contribution in [1.29, 1.82) is 0 Å². The molecular weight excluding hydrogens is 424 g/mol. The fourth-order valence-electron chi connectivity index (χ4n) is 4.37. The molecule has 2 aromatic rings. The minimum Gasteiger partial charge on any atom is -0.495 e. The highest BCUT2D eigenvalue weighted by Gasteiger charge is 2.29. The number of para-hydroxylation sites is 1. The van der Waals surface area contributed by atoms with E-state index in [1.54, 1.807) is 12.1 Å². The molecule has 0 aromatic heterocycles. The molecule has 0 bridgehead atoms. The van der Waals surface area contributed by atoms with Crippen molar-refractivity contribution in [3.05, 3.63) is 53.1 Å². The Morgan fingerprint density at radius 3 is 2.31 bits per heavy atom. The molecule has 1 fully saturated rings. The summed E-state index contributed by atoms with van der Waals surface area (Å²) in [5, 5.41) is 3.01. The third-order valence-electron chi connectivity index (χ3n) is 6.37. The number of ether oxygens (including phenoxy) is 1. The van der Waals surface area contributed by atoms with E-state index in [1.165, 1.54) is 13.2 Å². The van der Waals surface area contributed by atoms with Gasteiger partial charge in [-0.15, -0.1) is 0 Å². The number of carbonyl (C=O) groups excluding carboxylic acids is 1. The second kappa shape index (κ2) is 10.5. The molecule has 2 aromatic carbocycles. The number of nitrogens with one attached hydrogen (secondary N) is 2. The van der Waals surface area contributed by atoms with Crippen LogP contribution in [0.5, 0.6) is 5.75 Å². The number of methoxy groups -OCH3 is 1. The van der Waals surface area contributed by atoms with E-state index in [-0.39, 0.29) is 34.1 Å². The van der Waals surface area contributed by atoms with Crippen molar-refractivity contribution in [2.75, 3.05) is 12.4 Å². The fraction of sp³-hybridized carbons (Fsp3) is 0.480. The molecule has 1 amide bonds. The van der Waals surface area contributed by atoms with Crippen LogP contribution >= 0.6 is 0 Å². The molecular formula is C25H34N2O4S. The average Bonchev–Trinajstić information content (AvgIpc) is 2.80. The van der Waals surface area contributed by atoms with E-state index >= 15 is 0 Å². The third-order valence-corrected chi connectivity index (χ3v) is 7.88. The molecule has 2 atom stereocenters. The Balaban J connectivity index is 1.92. The van der Waals surface area contributed by atoms with E-state index in [2.05, 4.69) is 17.0 Å². The van der Waals surface area contributed by atoms with Crippen LogP contribution in [-0.4, -0.2) is 27.5 Å². The van der Waals surface area contributed by atoms with Crippen molar-refractivity contribution >= 4 is 21.6 Å². The van der Waals surface area contributed by atoms with Gasteiger partial charge in [0.2, 0.25) is 10.0 Å². The molecule has 174 valence electrons. The lowest BCUT2D eigenvalue weighted by Gasteiger charge is -2.29. The lowest BCUT2D eigenvalue weighted by molar-refractivity contribution is 0.102. The van der Waals surface area contributed by atoms with Crippen LogP contribution in [-0.2, 0) is 22.9 Å². The molecule has 2 unspecified atom stereocenters. The molecule has 2 N–H and O–H groups in total. The summed E-state index contributed by atoms with van der Waals surface area (Å²) in [6, 6.07) is 10.4. The van der Waals surface area contributed by atoms with Crippen LogP contribution in [0.1, 0.15) is 67.9 Å². The van der Waals surface area contributed by atoms with Gasteiger partial charge in [0.05, 0.1) is 7.11 Å². The molecule has 32 heavy (non-hydrogen) atoms. The zero-order chi connectivity index (χ0) is 23.3. The van der Waals surface area contributed by atoms with Gasteiger partial charge < -0.3 is 10.1 Å². The smallest absolute Gasteiger partial charge is 0.255 e. The van der Waals surface area contributed by atoms with Crippen LogP contribution in [0.3, 0.4) is 0 Å². The molecule has 0 aliphatic heterocycles.